The van der Waals surface area contributed by atoms with E-state index >= 15 is 0 Å². The van der Waals surface area contributed by atoms with Crippen molar-refractivity contribution in [3.8, 4) is 17.2 Å². The number of fused-ring (bicyclic) bond motifs is 1. The van der Waals surface area contributed by atoms with Crippen LogP contribution in [0, 0.1) is 0 Å². The molecule has 0 unspecified atom stereocenters. The van der Waals surface area contributed by atoms with Gasteiger partial charge in [-0.05, 0) is 12.1 Å². The molecule has 24 heavy (non-hydrogen) atoms. The summed E-state index contributed by atoms with van der Waals surface area (Å²) in [5.41, 5.74) is 2.66. The molecular formula is C19H18N2O3. The molecule has 0 N–H and O–H groups in total. The van der Waals surface area contributed by atoms with Crippen molar-refractivity contribution in [2.75, 3.05) is 21.3 Å². The second-order valence-electron chi connectivity index (χ2n) is 5.10. The summed E-state index contributed by atoms with van der Waals surface area (Å²) in [4.78, 5) is 0. The Morgan fingerprint density at radius 3 is 2.25 bits per heavy atom. The lowest BCUT2D eigenvalue weighted by molar-refractivity contribution is 0.374. The summed E-state index contributed by atoms with van der Waals surface area (Å²) in [7, 11) is 4.85. The van der Waals surface area contributed by atoms with Gasteiger partial charge in [-0.1, -0.05) is 24.3 Å². The Morgan fingerprint density at radius 2 is 1.58 bits per heavy atom. The summed E-state index contributed by atoms with van der Waals surface area (Å²) >= 11 is 0. The molecule has 3 rings (SSSR count). The van der Waals surface area contributed by atoms with Gasteiger partial charge in [0.15, 0.2) is 0 Å². The van der Waals surface area contributed by atoms with Crippen molar-refractivity contribution in [3.05, 3.63) is 53.7 Å². The first kappa shape index (κ1) is 15.8. The lowest BCUT2D eigenvalue weighted by Crippen LogP contribution is -1.95. The molecule has 0 fully saturated rings. The molecule has 0 aliphatic heterocycles. The monoisotopic (exact) mass is 322 g/mol. The molecule has 0 aliphatic rings. The smallest absolute Gasteiger partial charge is 0.133 e. The van der Waals surface area contributed by atoms with Gasteiger partial charge in [0.25, 0.3) is 0 Å². The lowest BCUT2D eigenvalue weighted by atomic mass is 10.1. The van der Waals surface area contributed by atoms with Crippen LogP contribution in [-0.4, -0.2) is 31.5 Å². The molecule has 122 valence electrons. The summed E-state index contributed by atoms with van der Waals surface area (Å²) < 4.78 is 16.2. The molecule has 0 spiro atoms. The SMILES string of the molecule is COc1cc(OC)c(/C=C/c2cnnc3ccccc23)c(OC)c1. The normalized spacial score (nSPS) is 11.0. The minimum Gasteiger partial charge on any atom is -0.496 e. The van der Waals surface area contributed by atoms with E-state index in [9.17, 15) is 0 Å². The fraction of sp³-hybridized carbons (Fsp3) is 0.158. The Hall–Kier alpha value is -3.08. The Morgan fingerprint density at radius 1 is 0.875 bits per heavy atom. The van der Waals surface area contributed by atoms with Gasteiger partial charge in [0.2, 0.25) is 0 Å². The zero-order valence-corrected chi connectivity index (χ0v) is 13.8. The summed E-state index contributed by atoms with van der Waals surface area (Å²) in [5, 5.41) is 9.23. The zero-order valence-electron chi connectivity index (χ0n) is 13.8. The van der Waals surface area contributed by atoms with E-state index in [1.165, 1.54) is 0 Å². The van der Waals surface area contributed by atoms with Gasteiger partial charge in [-0.25, -0.2) is 0 Å². The topological polar surface area (TPSA) is 53.5 Å². The number of nitrogens with zero attached hydrogens (tertiary/aromatic N) is 2. The van der Waals surface area contributed by atoms with Crippen LogP contribution in [-0.2, 0) is 0 Å². The predicted octanol–water partition coefficient (Wildman–Crippen LogP) is 3.83. The van der Waals surface area contributed by atoms with Crippen molar-refractivity contribution in [2.24, 2.45) is 0 Å². The summed E-state index contributed by atoms with van der Waals surface area (Å²) in [6.45, 7) is 0. The second kappa shape index (κ2) is 7.00. The molecule has 1 heterocycles. The van der Waals surface area contributed by atoms with E-state index in [1.54, 1.807) is 27.5 Å². The van der Waals surface area contributed by atoms with Gasteiger partial charge in [-0.3, -0.25) is 0 Å². The maximum absolute atomic E-state index is 5.47. The van der Waals surface area contributed by atoms with Crippen molar-refractivity contribution < 1.29 is 14.2 Å². The first-order chi connectivity index (χ1) is 11.8. The molecular weight excluding hydrogens is 304 g/mol. The number of aromatic nitrogens is 2. The van der Waals surface area contributed by atoms with Crippen LogP contribution in [0.4, 0.5) is 0 Å². The largest absolute Gasteiger partial charge is 0.496 e. The van der Waals surface area contributed by atoms with E-state index in [0.29, 0.717) is 17.2 Å². The Balaban J connectivity index is 2.08. The third kappa shape index (κ3) is 3.01. The zero-order chi connectivity index (χ0) is 16.9. The molecule has 5 heteroatoms. The quantitative estimate of drug-likeness (QED) is 0.714. The third-order valence-electron chi connectivity index (χ3n) is 3.76. The van der Waals surface area contributed by atoms with E-state index in [1.807, 2.05) is 48.6 Å². The summed E-state index contributed by atoms with van der Waals surface area (Å²) in [6, 6.07) is 11.5. The van der Waals surface area contributed by atoms with Gasteiger partial charge in [-0.15, -0.1) is 0 Å². The minimum atomic E-state index is 0.675. The van der Waals surface area contributed by atoms with Gasteiger partial charge in [-0.2, -0.15) is 10.2 Å². The standard InChI is InChI=1S/C19H18N2O3/c1-22-14-10-18(23-2)16(19(11-14)24-3)9-8-13-12-20-21-17-7-5-4-6-15(13)17/h4-12H,1-3H3/b9-8+. The molecule has 0 saturated heterocycles. The van der Waals surface area contributed by atoms with Gasteiger partial charge in [0.05, 0.1) is 38.6 Å². The van der Waals surface area contributed by atoms with Crippen molar-refractivity contribution >= 4 is 23.1 Å². The molecule has 5 nitrogen and oxygen atoms in total. The highest BCUT2D eigenvalue weighted by atomic mass is 16.5. The first-order valence-corrected chi connectivity index (χ1v) is 7.45. The maximum Gasteiger partial charge on any atom is 0.133 e. The minimum absolute atomic E-state index is 0.675. The molecule has 0 saturated carbocycles. The van der Waals surface area contributed by atoms with Gasteiger partial charge >= 0.3 is 0 Å². The fourth-order valence-corrected chi connectivity index (χ4v) is 2.53. The Labute approximate surface area is 140 Å². The van der Waals surface area contributed by atoms with Crippen LogP contribution in [0.15, 0.2) is 42.6 Å². The third-order valence-corrected chi connectivity index (χ3v) is 3.76. The van der Waals surface area contributed by atoms with Crippen LogP contribution >= 0.6 is 0 Å². The van der Waals surface area contributed by atoms with Crippen LogP contribution in [0.1, 0.15) is 11.1 Å². The van der Waals surface area contributed by atoms with E-state index in [0.717, 1.165) is 22.0 Å². The number of hydrogen-bond acceptors (Lipinski definition) is 5. The number of benzene rings is 2. The second-order valence-corrected chi connectivity index (χ2v) is 5.10. The van der Waals surface area contributed by atoms with Crippen LogP contribution in [0.25, 0.3) is 23.1 Å². The van der Waals surface area contributed by atoms with E-state index in [-0.39, 0.29) is 0 Å². The number of methoxy groups -OCH3 is 3. The molecule has 0 bridgehead atoms. The molecule has 0 amide bonds. The fourth-order valence-electron chi connectivity index (χ4n) is 2.53. The molecule has 2 aromatic carbocycles. The molecule has 3 aromatic rings. The van der Waals surface area contributed by atoms with Gasteiger partial charge < -0.3 is 14.2 Å². The molecule has 0 atom stereocenters. The molecule has 0 radical (unpaired) electrons. The van der Waals surface area contributed by atoms with Crippen molar-refractivity contribution in [1.82, 2.24) is 10.2 Å². The highest BCUT2D eigenvalue weighted by Gasteiger charge is 2.11. The maximum atomic E-state index is 5.47. The Bertz CT molecular complexity index is 860. The van der Waals surface area contributed by atoms with Gasteiger partial charge in [0, 0.05) is 23.1 Å². The average molecular weight is 322 g/mol. The van der Waals surface area contributed by atoms with Crippen LogP contribution in [0.2, 0.25) is 0 Å². The Kier molecular flexibility index (Phi) is 4.61. The van der Waals surface area contributed by atoms with Crippen LogP contribution in [0.3, 0.4) is 0 Å². The number of hydrogen-bond donors (Lipinski definition) is 0. The highest BCUT2D eigenvalue weighted by Crippen LogP contribution is 2.35. The average Bonchev–Trinajstić information content (AvgIpc) is 2.65. The highest BCUT2D eigenvalue weighted by molar-refractivity contribution is 5.90. The van der Waals surface area contributed by atoms with Gasteiger partial charge in [0.1, 0.15) is 17.2 Å². The van der Waals surface area contributed by atoms with Crippen molar-refractivity contribution in [2.45, 2.75) is 0 Å². The van der Waals surface area contributed by atoms with Crippen LogP contribution < -0.4 is 14.2 Å². The van der Waals surface area contributed by atoms with E-state index < -0.39 is 0 Å². The molecule has 0 aliphatic carbocycles. The van der Waals surface area contributed by atoms with E-state index in [2.05, 4.69) is 10.2 Å². The summed E-state index contributed by atoms with van der Waals surface area (Å²) in [5.74, 6) is 2.03. The first-order valence-electron chi connectivity index (χ1n) is 7.45. The van der Waals surface area contributed by atoms with Crippen molar-refractivity contribution in [1.29, 1.82) is 0 Å². The van der Waals surface area contributed by atoms with Crippen molar-refractivity contribution in [3.63, 3.8) is 0 Å². The summed E-state index contributed by atoms with van der Waals surface area (Å²) in [6.07, 6.45) is 5.66. The van der Waals surface area contributed by atoms with Crippen LogP contribution in [0.5, 0.6) is 17.2 Å². The molecule has 1 aromatic heterocycles. The number of ether oxygens (including phenoxy) is 3. The predicted molar refractivity (Wildman–Crippen MR) is 94.6 cm³/mol. The lowest BCUT2D eigenvalue weighted by Gasteiger charge is -2.12. The number of rotatable bonds is 5. The van der Waals surface area contributed by atoms with E-state index in [4.69, 9.17) is 14.2 Å².